The van der Waals surface area contributed by atoms with Crippen molar-refractivity contribution in [3.8, 4) is 0 Å². The molecule has 35 heavy (non-hydrogen) atoms. The molecule has 9 heteroatoms. The molecule has 3 unspecified atom stereocenters. The summed E-state index contributed by atoms with van der Waals surface area (Å²) in [5.74, 6) is 0.403. The van der Waals surface area contributed by atoms with Crippen molar-refractivity contribution in [2.24, 2.45) is 5.92 Å². The van der Waals surface area contributed by atoms with E-state index in [1.54, 1.807) is 18.3 Å². The van der Waals surface area contributed by atoms with Crippen molar-refractivity contribution in [3.63, 3.8) is 0 Å². The number of aromatic amines is 1. The summed E-state index contributed by atoms with van der Waals surface area (Å²) in [6, 6.07) is 14.6. The lowest BCUT2D eigenvalue weighted by Crippen LogP contribution is -2.63. The number of Topliss-reactive ketones (excluding diaryl/α,β-unsaturated/α-hetero) is 1. The van der Waals surface area contributed by atoms with Crippen molar-refractivity contribution in [3.05, 3.63) is 65.9 Å². The summed E-state index contributed by atoms with van der Waals surface area (Å²) in [5.41, 5.74) is 2.52. The predicted molar refractivity (Wildman–Crippen MR) is 130 cm³/mol. The van der Waals surface area contributed by atoms with Gasteiger partial charge in [-0.2, -0.15) is 8.42 Å². The average molecular weight is 497 g/mol. The van der Waals surface area contributed by atoms with E-state index in [2.05, 4.69) is 9.88 Å². The van der Waals surface area contributed by atoms with Crippen LogP contribution in [0.15, 0.2) is 59.6 Å². The fourth-order valence-corrected chi connectivity index (χ4v) is 6.06. The molecule has 3 aromatic rings. The Morgan fingerprint density at radius 2 is 1.69 bits per heavy atom. The summed E-state index contributed by atoms with van der Waals surface area (Å²) in [5, 5.41) is 0.909. The molecule has 4 aliphatic heterocycles. The summed E-state index contributed by atoms with van der Waals surface area (Å²) in [4.78, 5) is 29.9. The maximum Gasteiger partial charge on any atom is 0.340 e. The molecule has 4 bridgehead atoms. The van der Waals surface area contributed by atoms with Crippen LogP contribution in [0.1, 0.15) is 41.6 Å². The minimum atomic E-state index is -4.02. The van der Waals surface area contributed by atoms with Crippen LogP contribution in [0, 0.1) is 12.8 Å². The quantitative estimate of drug-likeness (QED) is 0.419. The molecule has 0 aliphatic carbocycles. The van der Waals surface area contributed by atoms with Crippen LogP contribution in [-0.2, 0) is 19.6 Å². The van der Waals surface area contributed by atoms with Gasteiger partial charge in [0, 0.05) is 47.9 Å². The summed E-state index contributed by atoms with van der Waals surface area (Å²) >= 11 is 0. The number of ketones is 1. The van der Waals surface area contributed by atoms with Gasteiger partial charge in [0.25, 0.3) is 10.1 Å². The zero-order valence-electron chi connectivity index (χ0n) is 19.4. The van der Waals surface area contributed by atoms with E-state index in [4.69, 9.17) is 9.29 Å². The number of aromatic nitrogens is 1. The molecule has 4 saturated heterocycles. The second-order valence-electron chi connectivity index (χ2n) is 9.65. The van der Waals surface area contributed by atoms with E-state index in [9.17, 15) is 18.0 Å². The molecule has 0 radical (unpaired) electrons. The third-order valence-electron chi connectivity index (χ3n) is 7.32. The number of piperidine rings is 4. The van der Waals surface area contributed by atoms with Gasteiger partial charge in [0.05, 0.1) is 17.0 Å². The molecule has 1 aromatic heterocycles. The second kappa shape index (κ2) is 9.22. The molecule has 8 nitrogen and oxygen atoms in total. The van der Waals surface area contributed by atoms with E-state index in [0.717, 1.165) is 42.1 Å². The van der Waals surface area contributed by atoms with Crippen LogP contribution in [0.4, 0.5) is 0 Å². The summed E-state index contributed by atoms with van der Waals surface area (Å²) in [7, 11) is -4.02. The number of ether oxygens (including phenoxy) is 1. The normalized spacial score (nSPS) is 27.3. The lowest BCUT2D eigenvalue weighted by Gasteiger charge is -2.54. The number of aryl methyl sites for hydroxylation is 1. The van der Waals surface area contributed by atoms with Gasteiger partial charge in [0.1, 0.15) is 11.9 Å². The van der Waals surface area contributed by atoms with Crippen molar-refractivity contribution in [1.29, 1.82) is 0 Å². The molecule has 0 amide bonds. The number of fused-ring (bicyclic) bond motifs is 2. The number of carbonyl (C=O) groups excluding carboxylic acids is 2. The minimum absolute atomic E-state index is 0.0356. The molecule has 2 aromatic carbocycles. The second-order valence-corrected chi connectivity index (χ2v) is 11.1. The zero-order valence-corrected chi connectivity index (χ0v) is 20.2. The smallest absolute Gasteiger partial charge is 0.340 e. The third-order valence-corrected chi connectivity index (χ3v) is 8.18. The SMILES string of the molecule is Cc1ccc(S(=O)(=O)O)cc1.O=C(OC1C[C@@H]2CC3C[C@H](C1)N2CC3=O)c1c[nH]c2ccccc12. The number of hydrogen-bond acceptors (Lipinski definition) is 6. The average Bonchev–Trinajstić information content (AvgIpc) is 3.24. The molecular weight excluding hydrogens is 468 g/mol. The maximum absolute atomic E-state index is 12.6. The van der Waals surface area contributed by atoms with Crippen molar-refractivity contribution < 1.29 is 27.3 Å². The first-order valence-corrected chi connectivity index (χ1v) is 13.2. The Hall–Kier alpha value is -3.01. The fourth-order valence-electron chi connectivity index (χ4n) is 5.58. The molecule has 4 aliphatic rings. The van der Waals surface area contributed by atoms with Crippen LogP contribution < -0.4 is 0 Å². The maximum atomic E-state index is 12.6. The summed E-state index contributed by atoms with van der Waals surface area (Å²) in [6.07, 6.45) is 5.29. The van der Waals surface area contributed by atoms with E-state index in [0.29, 0.717) is 30.0 Å². The number of benzene rings is 2. The first-order chi connectivity index (χ1) is 16.7. The van der Waals surface area contributed by atoms with E-state index < -0.39 is 10.1 Å². The molecular formula is C26H28N2O6S. The first kappa shape index (κ1) is 23.7. The molecule has 4 fully saturated rings. The van der Waals surface area contributed by atoms with Gasteiger partial charge in [-0.25, -0.2) is 4.79 Å². The van der Waals surface area contributed by atoms with Crippen LogP contribution in [0.25, 0.3) is 10.9 Å². The molecule has 5 heterocycles. The van der Waals surface area contributed by atoms with E-state index in [1.165, 1.54) is 12.1 Å². The zero-order chi connectivity index (χ0) is 24.7. The largest absolute Gasteiger partial charge is 0.459 e. The number of para-hydroxylation sites is 1. The highest BCUT2D eigenvalue weighted by molar-refractivity contribution is 7.85. The number of nitrogens with one attached hydrogen (secondary N) is 1. The Bertz CT molecular complexity index is 1350. The monoisotopic (exact) mass is 496 g/mol. The summed E-state index contributed by atoms with van der Waals surface area (Å²) < 4.78 is 35.4. The highest BCUT2D eigenvalue weighted by Gasteiger charge is 2.49. The topological polar surface area (TPSA) is 117 Å². The number of esters is 1. The fraction of sp³-hybridized carbons (Fsp3) is 0.385. The van der Waals surface area contributed by atoms with Crippen LogP contribution in [0.3, 0.4) is 0 Å². The Labute approximate surface area is 204 Å². The standard InChI is InChI=1S/C19H20N2O3.C7H8O3S/c22-18-10-21-12-5-11(18)6-13(21)8-14(7-12)24-19(23)16-9-20-17-4-2-1-3-15(16)17;1-6-2-4-7(5-3-6)11(8,9)10/h1-4,9,11-14,20H,5-8,10H2;2-5H,1H3,(H,8,9,10)/t11?,12-,13+,14?;. The first-order valence-electron chi connectivity index (χ1n) is 11.8. The Kier molecular flexibility index (Phi) is 6.25. The third kappa shape index (κ3) is 4.89. The van der Waals surface area contributed by atoms with Gasteiger partial charge in [0.2, 0.25) is 0 Å². The van der Waals surface area contributed by atoms with E-state index in [-0.39, 0.29) is 22.9 Å². The van der Waals surface area contributed by atoms with Gasteiger partial charge >= 0.3 is 5.97 Å². The van der Waals surface area contributed by atoms with Gasteiger partial charge in [-0.05, 0) is 38.0 Å². The van der Waals surface area contributed by atoms with Crippen molar-refractivity contribution in [2.75, 3.05) is 6.54 Å². The van der Waals surface area contributed by atoms with E-state index in [1.807, 2.05) is 31.2 Å². The van der Waals surface area contributed by atoms with Crippen LogP contribution in [0.2, 0.25) is 0 Å². The number of carbonyl (C=O) groups is 2. The van der Waals surface area contributed by atoms with E-state index >= 15 is 0 Å². The van der Waals surface area contributed by atoms with Gasteiger partial charge in [-0.15, -0.1) is 0 Å². The van der Waals surface area contributed by atoms with Gasteiger partial charge in [-0.3, -0.25) is 14.2 Å². The van der Waals surface area contributed by atoms with Crippen molar-refractivity contribution >= 4 is 32.8 Å². The molecule has 184 valence electrons. The lowest BCUT2D eigenvalue weighted by atomic mass is 9.72. The van der Waals surface area contributed by atoms with Crippen molar-refractivity contribution in [1.82, 2.24) is 9.88 Å². The lowest BCUT2D eigenvalue weighted by molar-refractivity contribution is -0.145. The Morgan fingerprint density at radius 1 is 1.03 bits per heavy atom. The minimum Gasteiger partial charge on any atom is -0.459 e. The van der Waals surface area contributed by atoms with Crippen LogP contribution in [-0.4, -0.2) is 59.3 Å². The highest BCUT2D eigenvalue weighted by atomic mass is 32.2. The number of H-pyrrole nitrogens is 1. The highest BCUT2D eigenvalue weighted by Crippen LogP contribution is 2.42. The number of nitrogens with zero attached hydrogens (tertiary/aromatic N) is 1. The van der Waals surface area contributed by atoms with Crippen molar-refractivity contribution in [2.45, 2.75) is 55.7 Å². The number of hydrogen-bond donors (Lipinski definition) is 2. The van der Waals surface area contributed by atoms with Gasteiger partial charge in [-0.1, -0.05) is 35.9 Å². The molecule has 0 spiro atoms. The molecule has 5 atom stereocenters. The Morgan fingerprint density at radius 3 is 2.31 bits per heavy atom. The van der Waals surface area contributed by atoms with Crippen LogP contribution in [0.5, 0.6) is 0 Å². The molecule has 0 saturated carbocycles. The summed E-state index contributed by atoms with van der Waals surface area (Å²) in [6.45, 7) is 2.44. The van der Waals surface area contributed by atoms with Gasteiger partial charge in [0.15, 0.2) is 0 Å². The Balaban J connectivity index is 0.000000195. The molecule has 2 N–H and O–H groups in total. The molecule has 7 rings (SSSR count). The van der Waals surface area contributed by atoms with Crippen LogP contribution >= 0.6 is 0 Å². The van der Waals surface area contributed by atoms with Gasteiger partial charge < -0.3 is 9.72 Å². The predicted octanol–water partition coefficient (Wildman–Crippen LogP) is 3.76. The number of rotatable bonds is 3.